The summed E-state index contributed by atoms with van der Waals surface area (Å²) in [5.41, 5.74) is 5.54. The fraction of sp³-hybridized carbons (Fsp3) is 0.100. The Kier molecular flexibility index (Phi) is 6.33. The second-order valence-corrected chi connectivity index (χ2v) is 8.71. The van der Waals surface area contributed by atoms with Gasteiger partial charge in [0.2, 0.25) is 0 Å². The van der Waals surface area contributed by atoms with Crippen molar-refractivity contribution in [2.45, 2.75) is 19.5 Å². The first-order valence-corrected chi connectivity index (χ1v) is 11.7. The second kappa shape index (κ2) is 9.88. The lowest BCUT2D eigenvalue weighted by Crippen LogP contribution is -2.27. The summed E-state index contributed by atoms with van der Waals surface area (Å²) in [4.78, 5) is 29.1. The Morgan fingerprint density at radius 2 is 1.67 bits per heavy atom. The molecule has 0 radical (unpaired) electrons. The number of nitrogens with zero attached hydrogens (tertiary/aromatic N) is 2. The van der Waals surface area contributed by atoms with E-state index in [1.807, 2.05) is 72.4 Å². The van der Waals surface area contributed by atoms with Crippen LogP contribution in [0.15, 0.2) is 103 Å². The van der Waals surface area contributed by atoms with Crippen molar-refractivity contribution in [3.63, 3.8) is 0 Å². The van der Waals surface area contributed by atoms with Gasteiger partial charge in [0.15, 0.2) is 0 Å². The quantitative estimate of drug-likeness (QED) is 0.305. The first-order valence-electron chi connectivity index (χ1n) is 11.7. The Morgan fingerprint density at radius 3 is 2.36 bits per heavy atom. The number of rotatable bonds is 7. The number of hydrogen-bond donors (Lipinski definition) is 2. The molecule has 0 saturated heterocycles. The highest BCUT2D eigenvalue weighted by molar-refractivity contribution is 6.06. The Morgan fingerprint density at radius 1 is 0.889 bits per heavy atom. The van der Waals surface area contributed by atoms with Gasteiger partial charge in [0.05, 0.1) is 34.9 Å². The predicted octanol–water partition coefficient (Wildman–Crippen LogP) is 5.94. The van der Waals surface area contributed by atoms with E-state index in [0.717, 1.165) is 33.3 Å². The molecule has 2 N–H and O–H groups in total. The standard InChI is InChI=1S/C30H25N3O3/c1-20(21-10-12-24(13-11-21)30(35)36)32-29(34)27-9-5-8-23-16-17-33(28(23)27)19-26-15-14-25(18-31-26)22-6-3-2-4-7-22/h2-18,20H,19H2,1H3,(H,32,34)(H,35,36)/t20-/m0/s1. The number of pyridine rings is 1. The van der Waals surface area contributed by atoms with Crippen molar-refractivity contribution in [2.75, 3.05) is 0 Å². The number of carbonyl (C=O) groups excluding carboxylic acids is 1. The van der Waals surface area contributed by atoms with Crippen molar-refractivity contribution in [3.05, 3.63) is 126 Å². The summed E-state index contributed by atoms with van der Waals surface area (Å²) in [6.07, 6.45) is 3.85. The smallest absolute Gasteiger partial charge is 0.335 e. The summed E-state index contributed by atoms with van der Waals surface area (Å²) >= 11 is 0. The molecule has 2 heterocycles. The molecule has 0 aliphatic carbocycles. The summed E-state index contributed by atoms with van der Waals surface area (Å²) in [7, 11) is 0. The van der Waals surface area contributed by atoms with E-state index in [2.05, 4.69) is 28.5 Å². The van der Waals surface area contributed by atoms with E-state index in [1.165, 1.54) is 0 Å². The molecule has 0 aliphatic heterocycles. The number of benzene rings is 3. The van der Waals surface area contributed by atoms with Crippen molar-refractivity contribution in [3.8, 4) is 11.1 Å². The van der Waals surface area contributed by atoms with Gasteiger partial charge in [-0.3, -0.25) is 9.78 Å². The first kappa shape index (κ1) is 23.1. The van der Waals surface area contributed by atoms with Gasteiger partial charge in [0, 0.05) is 23.3 Å². The third-order valence-corrected chi connectivity index (χ3v) is 6.30. The van der Waals surface area contributed by atoms with Crippen molar-refractivity contribution in [2.24, 2.45) is 0 Å². The molecule has 0 spiro atoms. The molecule has 36 heavy (non-hydrogen) atoms. The normalized spacial score (nSPS) is 11.8. The molecule has 0 saturated carbocycles. The molecule has 6 nitrogen and oxygen atoms in total. The van der Waals surface area contributed by atoms with Crippen molar-refractivity contribution < 1.29 is 14.7 Å². The van der Waals surface area contributed by atoms with Gasteiger partial charge in [0.25, 0.3) is 5.91 Å². The van der Waals surface area contributed by atoms with Gasteiger partial charge in [-0.25, -0.2) is 4.79 Å². The topological polar surface area (TPSA) is 84.2 Å². The number of aromatic carboxylic acids is 1. The number of para-hydroxylation sites is 1. The van der Waals surface area contributed by atoms with E-state index in [4.69, 9.17) is 5.11 Å². The lowest BCUT2D eigenvalue weighted by atomic mass is 10.0. The highest BCUT2D eigenvalue weighted by Crippen LogP contribution is 2.24. The van der Waals surface area contributed by atoms with E-state index in [-0.39, 0.29) is 17.5 Å². The van der Waals surface area contributed by atoms with Crippen LogP contribution in [0, 0.1) is 0 Å². The molecule has 0 unspecified atom stereocenters. The molecule has 2 aromatic heterocycles. The number of aromatic nitrogens is 2. The van der Waals surface area contributed by atoms with Crippen molar-refractivity contribution in [1.29, 1.82) is 0 Å². The van der Waals surface area contributed by atoms with Crippen LogP contribution in [0.1, 0.15) is 44.9 Å². The number of nitrogens with one attached hydrogen (secondary N) is 1. The number of carbonyl (C=O) groups is 2. The molecule has 1 amide bonds. The maximum atomic E-state index is 13.3. The molecule has 0 aliphatic rings. The van der Waals surface area contributed by atoms with E-state index >= 15 is 0 Å². The zero-order valence-electron chi connectivity index (χ0n) is 19.8. The molecule has 5 rings (SSSR count). The van der Waals surface area contributed by atoms with Crippen molar-refractivity contribution >= 4 is 22.8 Å². The van der Waals surface area contributed by atoms with Crippen LogP contribution in [0.2, 0.25) is 0 Å². The fourth-order valence-electron chi connectivity index (χ4n) is 4.34. The molecule has 3 aromatic carbocycles. The van der Waals surface area contributed by atoms with Crippen LogP contribution in [0.25, 0.3) is 22.0 Å². The molecule has 1 atom stereocenters. The van der Waals surface area contributed by atoms with Gasteiger partial charge in [-0.2, -0.15) is 0 Å². The molecule has 0 bridgehead atoms. The number of carboxylic acids is 1. The molecule has 178 valence electrons. The molecule has 5 aromatic rings. The number of carboxylic acid groups (broad SMARTS) is 1. The molecule has 0 fully saturated rings. The van der Waals surface area contributed by atoms with Crippen LogP contribution in [0.4, 0.5) is 0 Å². The summed E-state index contributed by atoms with van der Waals surface area (Å²) < 4.78 is 2.04. The van der Waals surface area contributed by atoms with Crippen molar-refractivity contribution in [1.82, 2.24) is 14.9 Å². The van der Waals surface area contributed by atoms with Gasteiger partial charge in [-0.05, 0) is 48.4 Å². The molecule has 6 heteroatoms. The Hall–Kier alpha value is -4.71. The van der Waals surface area contributed by atoms with E-state index in [1.54, 1.807) is 24.3 Å². The zero-order valence-corrected chi connectivity index (χ0v) is 19.8. The van der Waals surface area contributed by atoms with Gasteiger partial charge in [-0.15, -0.1) is 0 Å². The summed E-state index contributed by atoms with van der Waals surface area (Å²) in [6, 6.07) is 28.1. The third-order valence-electron chi connectivity index (χ3n) is 6.30. The van der Waals surface area contributed by atoms with Crippen LogP contribution in [0.3, 0.4) is 0 Å². The SMILES string of the molecule is C[C@H](NC(=O)c1cccc2ccn(Cc3ccc(-c4ccccc4)cn3)c12)c1ccc(C(=O)O)cc1. The minimum Gasteiger partial charge on any atom is -0.478 e. The minimum absolute atomic E-state index is 0.192. The van der Waals surface area contributed by atoms with Crippen LogP contribution < -0.4 is 5.32 Å². The monoisotopic (exact) mass is 475 g/mol. The number of amides is 1. The van der Waals surface area contributed by atoms with Crippen LogP contribution in [0.5, 0.6) is 0 Å². The van der Waals surface area contributed by atoms with Crippen LogP contribution in [-0.4, -0.2) is 26.5 Å². The Balaban J connectivity index is 1.37. The summed E-state index contributed by atoms with van der Waals surface area (Å²) in [5, 5.41) is 13.1. The maximum absolute atomic E-state index is 13.3. The van der Waals surface area contributed by atoms with Gasteiger partial charge in [-0.1, -0.05) is 60.7 Å². The van der Waals surface area contributed by atoms with Gasteiger partial charge >= 0.3 is 5.97 Å². The maximum Gasteiger partial charge on any atom is 0.335 e. The Labute approximate surface area is 208 Å². The third kappa shape index (κ3) is 4.74. The zero-order chi connectivity index (χ0) is 25.1. The lowest BCUT2D eigenvalue weighted by molar-refractivity contribution is 0.0696. The number of hydrogen-bond acceptors (Lipinski definition) is 3. The summed E-state index contributed by atoms with van der Waals surface area (Å²) in [5.74, 6) is -1.17. The van der Waals surface area contributed by atoms with Crippen LogP contribution >= 0.6 is 0 Å². The molecular weight excluding hydrogens is 450 g/mol. The predicted molar refractivity (Wildman–Crippen MR) is 140 cm³/mol. The fourth-order valence-corrected chi connectivity index (χ4v) is 4.34. The Bertz CT molecular complexity index is 1520. The van der Waals surface area contributed by atoms with Crippen LogP contribution in [-0.2, 0) is 6.54 Å². The first-order chi connectivity index (χ1) is 17.5. The second-order valence-electron chi connectivity index (χ2n) is 8.71. The highest BCUT2D eigenvalue weighted by Gasteiger charge is 2.17. The van der Waals surface area contributed by atoms with E-state index in [9.17, 15) is 9.59 Å². The largest absolute Gasteiger partial charge is 0.478 e. The molecular formula is C30H25N3O3. The van der Waals surface area contributed by atoms with Gasteiger partial charge in [0.1, 0.15) is 0 Å². The lowest BCUT2D eigenvalue weighted by Gasteiger charge is -2.16. The van der Waals surface area contributed by atoms with E-state index < -0.39 is 5.97 Å². The summed E-state index contributed by atoms with van der Waals surface area (Å²) in [6.45, 7) is 2.42. The average molecular weight is 476 g/mol. The minimum atomic E-state index is -0.977. The highest BCUT2D eigenvalue weighted by atomic mass is 16.4. The average Bonchev–Trinajstić information content (AvgIpc) is 3.32. The van der Waals surface area contributed by atoms with E-state index in [0.29, 0.717) is 12.1 Å². The number of fused-ring (bicyclic) bond motifs is 1. The van der Waals surface area contributed by atoms with Gasteiger partial charge < -0.3 is 15.0 Å².